The first-order valence-corrected chi connectivity index (χ1v) is 14.4. The topological polar surface area (TPSA) is 81.2 Å². The number of aromatic nitrogens is 1. The second-order valence-corrected chi connectivity index (χ2v) is 11.1. The molecule has 3 heterocycles. The minimum Gasteiger partial charge on any atom is -0.496 e. The Morgan fingerprint density at radius 2 is 1.63 bits per heavy atom. The van der Waals surface area contributed by atoms with Crippen molar-refractivity contribution in [1.29, 1.82) is 0 Å². The number of ether oxygens (including phenoxy) is 3. The van der Waals surface area contributed by atoms with Crippen LogP contribution in [0.15, 0.2) is 48.5 Å². The smallest absolute Gasteiger partial charge is 0.416 e. The van der Waals surface area contributed by atoms with Gasteiger partial charge in [-0.2, -0.15) is 26.3 Å². The number of hydrogen-bond acceptors (Lipinski definition) is 7. The molecule has 14 heteroatoms. The first-order chi connectivity index (χ1) is 21.7. The maximum atomic E-state index is 13.6. The number of carbonyl (C=O) groups excluding carboxylic acids is 2. The number of amides is 1. The van der Waals surface area contributed by atoms with Crippen molar-refractivity contribution < 1.29 is 50.1 Å². The lowest BCUT2D eigenvalue weighted by atomic mass is 9.96. The van der Waals surface area contributed by atoms with Crippen LogP contribution in [0.5, 0.6) is 5.75 Å². The average Bonchev–Trinajstić information content (AvgIpc) is 3.26. The van der Waals surface area contributed by atoms with Gasteiger partial charge < -0.3 is 19.1 Å². The summed E-state index contributed by atoms with van der Waals surface area (Å²) in [5.74, 6) is 0.758. The summed E-state index contributed by atoms with van der Waals surface area (Å²) in [5.41, 5.74) is -0.994. The summed E-state index contributed by atoms with van der Waals surface area (Å²) in [4.78, 5) is 33.0. The number of cyclic esters (lactones) is 1. The largest absolute Gasteiger partial charge is 0.496 e. The predicted octanol–water partition coefficient (Wildman–Crippen LogP) is 7.19. The highest BCUT2D eigenvalue weighted by Crippen LogP contribution is 2.42. The predicted molar refractivity (Wildman–Crippen MR) is 154 cm³/mol. The monoisotopic (exact) mass is 651 g/mol. The zero-order valence-corrected chi connectivity index (χ0v) is 25.2. The van der Waals surface area contributed by atoms with Gasteiger partial charge in [0.1, 0.15) is 17.7 Å². The van der Waals surface area contributed by atoms with Crippen LogP contribution in [-0.2, 0) is 39.6 Å². The van der Waals surface area contributed by atoms with Gasteiger partial charge in [-0.15, -0.1) is 0 Å². The van der Waals surface area contributed by atoms with E-state index < -0.39 is 47.3 Å². The standard InChI is InChI=1S/C32H31F6N3O5/c1-18-29(20-14-21(31(33,34)35)16-22(15-20)32(36,37)38)46-30(43)41(18)17-25-23(7-9-27(39-25)40-11-4-12-40)24-13-19(5-8-26(24)44-2)6-10-28(42)45-3/h5,7-9,13-16,18,29H,4,6,10-12,17H2,1-3H3/t18?,29-/m0/s1. The number of aryl methyl sites for hydroxylation is 1. The molecule has 246 valence electrons. The molecule has 3 aromatic rings. The van der Waals surface area contributed by atoms with Crippen LogP contribution in [0.2, 0.25) is 0 Å². The third-order valence-electron chi connectivity index (χ3n) is 8.19. The van der Waals surface area contributed by atoms with E-state index in [0.29, 0.717) is 46.9 Å². The van der Waals surface area contributed by atoms with E-state index in [-0.39, 0.29) is 25.0 Å². The maximum Gasteiger partial charge on any atom is 0.416 e. The maximum absolute atomic E-state index is 13.6. The van der Waals surface area contributed by atoms with Crippen LogP contribution in [-0.4, -0.2) is 55.3 Å². The van der Waals surface area contributed by atoms with E-state index in [1.807, 2.05) is 29.2 Å². The Hall–Kier alpha value is -4.49. The van der Waals surface area contributed by atoms with Crippen LogP contribution in [0.25, 0.3) is 11.1 Å². The van der Waals surface area contributed by atoms with Gasteiger partial charge in [-0.1, -0.05) is 6.07 Å². The Morgan fingerprint density at radius 3 is 2.20 bits per heavy atom. The van der Waals surface area contributed by atoms with Crippen LogP contribution in [0.4, 0.5) is 37.0 Å². The van der Waals surface area contributed by atoms with Crippen LogP contribution in [0.3, 0.4) is 0 Å². The molecular weight excluding hydrogens is 620 g/mol. The fourth-order valence-corrected chi connectivity index (χ4v) is 5.51. The van der Waals surface area contributed by atoms with Gasteiger partial charge in [-0.3, -0.25) is 9.69 Å². The lowest BCUT2D eigenvalue weighted by Gasteiger charge is -2.33. The van der Waals surface area contributed by atoms with Crippen molar-refractivity contribution >= 4 is 17.9 Å². The van der Waals surface area contributed by atoms with Gasteiger partial charge in [0, 0.05) is 30.6 Å². The molecule has 0 radical (unpaired) electrons. The van der Waals surface area contributed by atoms with Gasteiger partial charge in [0.05, 0.1) is 43.6 Å². The highest BCUT2D eigenvalue weighted by Gasteiger charge is 2.43. The fourth-order valence-electron chi connectivity index (χ4n) is 5.51. The summed E-state index contributed by atoms with van der Waals surface area (Å²) < 4.78 is 97.2. The lowest BCUT2D eigenvalue weighted by molar-refractivity contribution is -0.143. The number of methoxy groups -OCH3 is 2. The summed E-state index contributed by atoms with van der Waals surface area (Å²) in [6.45, 7) is 2.89. The van der Waals surface area contributed by atoms with Crippen LogP contribution in [0.1, 0.15) is 53.8 Å². The zero-order chi connectivity index (χ0) is 33.4. The molecule has 2 atom stereocenters. The van der Waals surface area contributed by atoms with Crippen molar-refractivity contribution in [2.45, 2.75) is 57.2 Å². The number of alkyl halides is 6. The Morgan fingerprint density at radius 1 is 0.957 bits per heavy atom. The summed E-state index contributed by atoms with van der Waals surface area (Å²) in [6.07, 6.45) is -10.9. The number of benzene rings is 2. The van der Waals surface area contributed by atoms with Crippen molar-refractivity contribution in [3.8, 4) is 16.9 Å². The Balaban J connectivity index is 1.52. The van der Waals surface area contributed by atoms with Crippen molar-refractivity contribution in [1.82, 2.24) is 9.88 Å². The summed E-state index contributed by atoms with van der Waals surface area (Å²) in [5, 5.41) is 0. The van der Waals surface area contributed by atoms with E-state index in [1.165, 1.54) is 26.0 Å². The molecule has 2 saturated heterocycles. The number of halogens is 6. The SMILES string of the molecule is COC(=O)CCc1ccc(OC)c(-c2ccc(N3CCC3)nc2CN2C(=O)O[C@H](c3cc(C(F)(F)F)cc(C(F)(F)F)c3)C2C)c1. The Bertz CT molecular complexity index is 1590. The third-order valence-corrected chi connectivity index (χ3v) is 8.19. The van der Waals surface area contributed by atoms with Gasteiger partial charge in [0.15, 0.2) is 0 Å². The Labute approximate surface area is 260 Å². The van der Waals surface area contributed by atoms with Crippen LogP contribution in [0, 0.1) is 0 Å². The van der Waals surface area contributed by atoms with Crippen molar-refractivity contribution in [2.24, 2.45) is 0 Å². The summed E-state index contributed by atoms with van der Waals surface area (Å²) in [7, 11) is 2.79. The fraction of sp³-hybridized carbons (Fsp3) is 0.406. The van der Waals surface area contributed by atoms with Gasteiger partial charge in [0.2, 0.25) is 0 Å². The number of nitrogens with zero attached hydrogens (tertiary/aromatic N) is 3. The van der Waals surface area contributed by atoms with Crippen LogP contribution >= 0.6 is 0 Å². The molecule has 0 N–H and O–H groups in total. The van der Waals surface area contributed by atoms with E-state index in [2.05, 4.69) is 0 Å². The molecule has 5 rings (SSSR count). The number of rotatable bonds is 9. The molecule has 2 aliphatic heterocycles. The number of pyridine rings is 1. The van der Waals surface area contributed by atoms with Crippen molar-refractivity contribution in [3.63, 3.8) is 0 Å². The molecule has 1 aromatic heterocycles. The molecule has 8 nitrogen and oxygen atoms in total. The zero-order valence-electron chi connectivity index (χ0n) is 25.2. The molecule has 46 heavy (non-hydrogen) atoms. The molecule has 2 aromatic carbocycles. The number of anilines is 1. The van der Waals surface area contributed by atoms with Gasteiger partial charge in [-0.25, -0.2) is 9.78 Å². The first-order valence-electron chi connectivity index (χ1n) is 14.4. The molecule has 2 fully saturated rings. The minimum atomic E-state index is -5.05. The number of carbonyl (C=O) groups is 2. The highest BCUT2D eigenvalue weighted by molar-refractivity contribution is 5.76. The quantitative estimate of drug-likeness (QED) is 0.179. The highest BCUT2D eigenvalue weighted by atomic mass is 19.4. The van der Waals surface area contributed by atoms with E-state index in [9.17, 15) is 35.9 Å². The number of hydrogen-bond donors (Lipinski definition) is 0. The van der Waals surface area contributed by atoms with Crippen molar-refractivity contribution in [3.05, 3.63) is 76.5 Å². The van der Waals surface area contributed by atoms with E-state index in [0.717, 1.165) is 25.1 Å². The second kappa shape index (κ2) is 12.7. The summed E-state index contributed by atoms with van der Waals surface area (Å²) >= 11 is 0. The summed E-state index contributed by atoms with van der Waals surface area (Å²) in [6, 6.07) is 9.27. The molecule has 1 amide bonds. The molecule has 1 unspecified atom stereocenters. The van der Waals surface area contributed by atoms with Gasteiger partial charge >= 0.3 is 24.4 Å². The average molecular weight is 652 g/mol. The molecule has 2 aliphatic rings. The molecule has 0 bridgehead atoms. The first kappa shape index (κ1) is 32.9. The molecule has 0 saturated carbocycles. The van der Waals surface area contributed by atoms with E-state index in [4.69, 9.17) is 19.2 Å². The van der Waals surface area contributed by atoms with E-state index >= 15 is 0 Å². The van der Waals surface area contributed by atoms with E-state index in [1.54, 1.807) is 6.07 Å². The number of esters is 1. The van der Waals surface area contributed by atoms with Crippen LogP contribution < -0.4 is 9.64 Å². The minimum absolute atomic E-state index is 0.0346. The lowest BCUT2D eigenvalue weighted by Crippen LogP contribution is -2.38. The normalized spacial score (nSPS) is 18.3. The van der Waals surface area contributed by atoms with Crippen molar-refractivity contribution in [2.75, 3.05) is 32.2 Å². The third kappa shape index (κ3) is 6.85. The molecular formula is C32H31F6N3O5. The second-order valence-electron chi connectivity index (χ2n) is 11.1. The molecule has 0 aliphatic carbocycles. The van der Waals surface area contributed by atoms with Gasteiger partial charge in [-0.05, 0) is 73.4 Å². The Kier molecular flexibility index (Phi) is 9.09. The molecule has 0 spiro atoms. The van der Waals surface area contributed by atoms with Gasteiger partial charge in [0.25, 0.3) is 0 Å².